The maximum Gasteiger partial charge on any atom is 0.287 e. The summed E-state index contributed by atoms with van der Waals surface area (Å²) >= 11 is 5.20. The third-order valence-corrected chi connectivity index (χ3v) is 4.36. The molecular weight excluding hydrogens is 352 g/mol. The fraction of sp³-hybridized carbons (Fsp3) is 0.211. The lowest BCUT2D eigenvalue weighted by Crippen LogP contribution is -2.17. The lowest BCUT2D eigenvalue weighted by Gasteiger charge is -2.18. The molecule has 6 nitrogen and oxygen atoms in total. The van der Waals surface area contributed by atoms with Gasteiger partial charge in [-0.25, -0.2) is 4.68 Å². The first-order chi connectivity index (χ1) is 12.6. The van der Waals surface area contributed by atoms with Crippen molar-refractivity contribution in [2.45, 2.75) is 13.5 Å². The van der Waals surface area contributed by atoms with Crippen LogP contribution in [0.3, 0.4) is 0 Å². The predicted octanol–water partition coefficient (Wildman–Crippen LogP) is 3.84. The molecule has 0 saturated carbocycles. The quantitative estimate of drug-likeness (QED) is 0.515. The fourth-order valence-corrected chi connectivity index (χ4v) is 2.85. The topological polar surface area (TPSA) is 66.5 Å². The van der Waals surface area contributed by atoms with E-state index in [1.165, 1.54) is 4.68 Å². The van der Waals surface area contributed by atoms with Gasteiger partial charge in [-0.15, -0.1) is 5.10 Å². The van der Waals surface area contributed by atoms with Crippen molar-refractivity contribution in [3.63, 3.8) is 0 Å². The monoisotopic (exact) mass is 368 g/mol. The van der Waals surface area contributed by atoms with Crippen LogP contribution in [-0.4, -0.2) is 28.8 Å². The summed E-state index contributed by atoms with van der Waals surface area (Å²) in [4.78, 5) is 12.8. The number of benzene rings is 2. The number of aromatic nitrogens is 2. The second-order valence-electron chi connectivity index (χ2n) is 5.98. The summed E-state index contributed by atoms with van der Waals surface area (Å²) in [7, 11) is 0. The number of carbonyl (C=O) groups is 1. The molecule has 2 aromatic carbocycles. The molecule has 0 aliphatic carbocycles. The molecule has 0 bridgehead atoms. The number of fused-ring (bicyclic) bond motifs is 1. The van der Waals surface area contributed by atoms with Crippen LogP contribution < -0.4 is 9.47 Å². The first-order valence-corrected chi connectivity index (χ1v) is 8.59. The summed E-state index contributed by atoms with van der Waals surface area (Å²) in [5.41, 5.74) is 2.46. The molecule has 0 spiro atoms. The third kappa shape index (κ3) is 3.25. The summed E-state index contributed by atoms with van der Waals surface area (Å²) in [6.07, 6.45) is 0. The van der Waals surface area contributed by atoms with Crippen LogP contribution in [0.5, 0.6) is 11.5 Å². The highest BCUT2D eigenvalue weighted by Crippen LogP contribution is 2.31. The maximum absolute atomic E-state index is 12.6. The molecule has 4 rings (SSSR count). The van der Waals surface area contributed by atoms with Crippen molar-refractivity contribution in [2.24, 2.45) is 0 Å². The van der Waals surface area contributed by atoms with Gasteiger partial charge < -0.3 is 13.9 Å². The van der Waals surface area contributed by atoms with Gasteiger partial charge in [0.05, 0.1) is 0 Å². The maximum atomic E-state index is 12.6. The molecule has 132 valence electrons. The van der Waals surface area contributed by atoms with Crippen molar-refractivity contribution >= 4 is 18.0 Å². The number of ether oxygens (including phenoxy) is 2. The third-order valence-electron chi connectivity index (χ3n) is 4.06. The molecular formula is C19H16N2O4S. The van der Waals surface area contributed by atoms with Crippen molar-refractivity contribution in [3.05, 3.63) is 58.4 Å². The fourth-order valence-electron chi connectivity index (χ4n) is 2.66. The molecule has 7 heteroatoms. The molecule has 1 aliphatic heterocycles. The minimum absolute atomic E-state index is 0.00611. The van der Waals surface area contributed by atoms with Gasteiger partial charge in [-0.3, -0.25) is 4.79 Å². The Morgan fingerprint density at radius 2 is 1.85 bits per heavy atom. The van der Waals surface area contributed by atoms with Crippen LogP contribution in [-0.2, 0) is 6.54 Å². The Labute approximate surface area is 155 Å². The van der Waals surface area contributed by atoms with E-state index < -0.39 is 0 Å². The number of hydrogen-bond acceptors (Lipinski definition) is 6. The molecule has 0 fully saturated rings. The van der Waals surface area contributed by atoms with Gasteiger partial charge in [-0.1, -0.05) is 17.7 Å². The minimum atomic E-state index is -0.137. The van der Waals surface area contributed by atoms with Crippen LogP contribution >= 0.6 is 12.2 Å². The number of hydrogen-bond donors (Lipinski definition) is 0. The second-order valence-corrected chi connectivity index (χ2v) is 6.33. The van der Waals surface area contributed by atoms with E-state index in [1.54, 1.807) is 18.2 Å². The van der Waals surface area contributed by atoms with Gasteiger partial charge >= 0.3 is 0 Å². The van der Waals surface area contributed by atoms with Crippen molar-refractivity contribution in [1.82, 2.24) is 9.78 Å². The van der Waals surface area contributed by atoms with E-state index in [0.717, 1.165) is 11.1 Å². The molecule has 0 amide bonds. The Morgan fingerprint density at radius 3 is 2.62 bits per heavy atom. The average molecular weight is 368 g/mol. The van der Waals surface area contributed by atoms with E-state index in [2.05, 4.69) is 5.10 Å². The van der Waals surface area contributed by atoms with Gasteiger partial charge in [0.2, 0.25) is 5.89 Å². The van der Waals surface area contributed by atoms with E-state index in [0.29, 0.717) is 36.2 Å². The number of aryl methyl sites for hydroxylation is 1. The van der Waals surface area contributed by atoms with E-state index in [4.69, 9.17) is 26.1 Å². The normalized spacial score (nSPS) is 12.8. The van der Waals surface area contributed by atoms with Crippen LogP contribution in [0.15, 0.2) is 46.9 Å². The standard InChI is InChI=1S/C19H16N2O4S/c1-12-2-4-13(5-3-12)18-20-21(19(26)25-18)11-15(22)14-6-7-16-17(10-14)24-9-8-23-16/h2-7,10H,8-9,11H2,1H3. The smallest absolute Gasteiger partial charge is 0.287 e. The van der Waals surface area contributed by atoms with E-state index in [9.17, 15) is 4.79 Å². The Balaban J connectivity index is 1.56. The van der Waals surface area contributed by atoms with Gasteiger partial charge in [0.15, 0.2) is 17.3 Å². The van der Waals surface area contributed by atoms with Crippen LogP contribution in [0.4, 0.5) is 0 Å². The van der Waals surface area contributed by atoms with Gasteiger partial charge in [0.1, 0.15) is 19.8 Å². The molecule has 1 aromatic heterocycles. The van der Waals surface area contributed by atoms with Gasteiger partial charge in [0.25, 0.3) is 4.84 Å². The van der Waals surface area contributed by atoms with Crippen molar-refractivity contribution in [3.8, 4) is 23.0 Å². The lowest BCUT2D eigenvalue weighted by atomic mass is 10.1. The van der Waals surface area contributed by atoms with Gasteiger partial charge in [-0.2, -0.15) is 0 Å². The van der Waals surface area contributed by atoms with E-state index in [1.807, 2.05) is 31.2 Å². The minimum Gasteiger partial charge on any atom is -0.486 e. The molecule has 0 unspecified atom stereocenters. The van der Waals surface area contributed by atoms with Crippen LogP contribution in [0.2, 0.25) is 0 Å². The highest BCUT2D eigenvalue weighted by Gasteiger charge is 2.17. The Morgan fingerprint density at radius 1 is 1.12 bits per heavy atom. The van der Waals surface area contributed by atoms with Crippen LogP contribution in [0.1, 0.15) is 15.9 Å². The number of carbonyl (C=O) groups excluding carboxylic acids is 1. The molecule has 0 saturated heterocycles. The first kappa shape index (κ1) is 16.5. The highest BCUT2D eigenvalue weighted by molar-refractivity contribution is 7.71. The molecule has 3 aromatic rings. The van der Waals surface area contributed by atoms with Crippen molar-refractivity contribution < 1.29 is 18.7 Å². The number of rotatable bonds is 4. The lowest BCUT2D eigenvalue weighted by molar-refractivity contribution is 0.0964. The summed E-state index contributed by atoms with van der Waals surface area (Å²) in [6.45, 7) is 2.98. The Hall–Kier alpha value is -2.93. The molecule has 0 atom stereocenters. The second kappa shape index (κ2) is 6.76. The molecule has 2 heterocycles. The van der Waals surface area contributed by atoms with Crippen LogP contribution in [0.25, 0.3) is 11.5 Å². The van der Waals surface area contributed by atoms with E-state index in [-0.39, 0.29) is 17.2 Å². The van der Waals surface area contributed by atoms with Gasteiger partial charge in [0, 0.05) is 11.1 Å². The van der Waals surface area contributed by atoms with Gasteiger partial charge in [-0.05, 0) is 49.5 Å². The Bertz CT molecular complexity index is 1020. The number of nitrogens with zero attached hydrogens (tertiary/aromatic N) is 2. The average Bonchev–Trinajstić information content (AvgIpc) is 3.02. The number of Topliss-reactive ketones (excluding diaryl/α,β-unsaturated/α-hetero) is 1. The molecule has 26 heavy (non-hydrogen) atoms. The van der Waals surface area contributed by atoms with Crippen molar-refractivity contribution in [1.29, 1.82) is 0 Å². The summed E-state index contributed by atoms with van der Waals surface area (Å²) in [5, 5.41) is 4.33. The van der Waals surface area contributed by atoms with Crippen molar-refractivity contribution in [2.75, 3.05) is 13.2 Å². The Kier molecular flexibility index (Phi) is 4.30. The van der Waals surface area contributed by atoms with Crippen LogP contribution in [0, 0.1) is 11.8 Å². The summed E-state index contributed by atoms with van der Waals surface area (Å²) in [5.74, 6) is 1.48. The molecule has 1 aliphatic rings. The predicted molar refractivity (Wildman–Crippen MR) is 97.3 cm³/mol. The summed E-state index contributed by atoms with van der Waals surface area (Å²) < 4.78 is 17.9. The first-order valence-electron chi connectivity index (χ1n) is 8.18. The number of ketones is 1. The molecule has 0 radical (unpaired) electrons. The zero-order valence-corrected chi connectivity index (χ0v) is 14.9. The largest absolute Gasteiger partial charge is 0.486 e. The summed E-state index contributed by atoms with van der Waals surface area (Å²) in [6, 6.07) is 12.9. The highest BCUT2D eigenvalue weighted by atomic mass is 32.1. The van der Waals surface area contributed by atoms with E-state index >= 15 is 0 Å². The zero-order valence-electron chi connectivity index (χ0n) is 14.1. The molecule has 0 N–H and O–H groups in total. The zero-order chi connectivity index (χ0) is 18.1. The SMILES string of the molecule is Cc1ccc(-c2nn(CC(=O)c3ccc4c(c3)OCCO4)c(=S)o2)cc1.